The number of hydrogen-bond donors (Lipinski definition) is 2. The zero-order valence-electron chi connectivity index (χ0n) is 13.6. The molecule has 1 unspecified atom stereocenters. The first-order valence-corrected chi connectivity index (χ1v) is 7.61. The lowest BCUT2D eigenvalue weighted by molar-refractivity contribution is -0.155. The van der Waals surface area contributed by atoms with Crippen LogP contribution in [0.5, 0.6) is 5.75 Å². The topological polar surface area (TPSA) is 59.6 Å². The highest BCUT2D eigenvalue weighted by atomic mass is 19.4. The zero-order chi connectivity index (χ0) is 17.8. The lowest BCUT2D eigenvalue weighted by atomic mass is 9.93. The molecule has 1 aromatic carbocycles. The van der Waals surface area contributed by atoms with Crippen molar-refractivity contribution in [3.05, 3.63) is 29.8 Å². The molecule has 24 heavy (non-hydrogen) atoms. The first-order chi connectivity index (χ1) is 11.2. The Labute approximate surface area is 138 Å². The van der Waals surface area contributed by atoms with Crippen molar-refractivity contribution in [3.8, 4) is 5.75 Å². The molecule has 0 spiro atoms. The minimum Gasteiger partial charge on any atom is -0.497 e. The molecule has 0 aliphatic carbocycles. The fraction of sp³-hybridized carbons (Fsp3) is 0.562. The average Bonchev–Trinajstić information content (AvgIpc) is 2.52. The van der Waals surface area contributed by atoms with E-state index < -0.39 is 23.8 Å². The molecule has 1 saturated heterocycles. The van der Waals surface area contributed by atoms with Gasteiger partial charge in [0.1, 0.15) is 5.75 Å². The van der Waals surface area contributed by atoms with Gasteiger partial charge >= 0.3 is 12.2 Å². The van der Waals surface area contributed by atoms with Gasteiger partial charge < -0.3 is 20.1 Å². The van der Waals surface area contributed by atoms with Gasteiger partial charge in [0.2, 0.25) is 0 Å². The molecule has 0 saturated carbocycles. The monoisotopic (exact) mass is 346 g/mol. The summed E-state index contributed by atoms with van der Waals surface area (Å²) in [6, 6.07) is 2.48. The van der Waals surface area contributed by atoms with E-state index in [-0.39, 0.29) is 5.56 Å². The van der Waals surface area contributed by atoms with Crippen molar-refractivity contribution in [2.75, 3.05) is 20.3 Å². The molecular formula is C16H21F3N2O3. The Balaban J connectivity index is 2.09. The third-order valence-corrected chi connectivity index (χ3v) is 4.06. The maximum Gasteiger partial charge on any atom is 0.412 e. The number of hydrogen-bond acceptors (Lipinski definition) is 3. The highest BCUT2D eigenvalue weighted by Gasteiger charge is 2.42. The minimum atomic E-state index is -4.61. The lowest BCUT2D eigenvalue weighted by Gasteiger charge is -2.35. The van der Waals surface area contributed by atoms with Crippen molar-refractivity contribution >= 4 is 6.03 Å². The van der Waals surface area contributed by atoms with E-state index in [2.05, 4.69) is 5.32 Å². The van der Waals surface area contributed by atoms with Crippen LogP contribution in [0.25, 0.3) is 0 Å². The number of methoxy groups -OCH3 is 1. The predicted octanol–water partition coefficient (Wildman–Crippen LogP) is 3.17. The third kappa shape index (κ3) is 4.77. The summed E-state index contributed by atoms with van der Waals surface area (Å²) in [6.45, 7) is 2.74. The molecule has 1 aromatic rings. The molecule has 2 rings (SSSR count). The van der Waals surface area contributed by atoms with Gasteiger partial charge in [-0.1, -0.05) is 12.1 Å². The summed E-state index contributed by atoms with van der Waals surface area (Å²) in [5.41, 5.74) is -0.631. The van der Waals surface area contributed by atoms with Crippen LogP contribution in [-0.2, 0) is 4.74 Å². The van der Waals surface area contributed by atoms with Crippen LogP contribution in [0.1, 0.15) is 31.4 Å². The third-order valence-electron chi connectivity index (χ3n) is 4.06. The van der Waals surface area contributed by atoms with Crippen molar-refractivity contribution in [3.63, 3.8) is 0 Å². The SMILES string of the molecule is COc1ccc(C(NC(=O)NC2(C)CCOCC2)C(F)(F)F)cc1. The maximum absolute atomic E-state index is 13.3. The molecule has 0 aromatic heterocycles. The lowest BCUT2D eigenvalue weighted by Crippen LogP contribution is -2.54. The number of carbonyl (C=O) groups is 1. The molecule has 0 radical (unpaired) electrons. The van der Waals surface area contributed by atoms with Crippen LogP contribution in [0.4, 0.5) is 18.0 Å². The molecule has 1 heterocycles. The number of carbonyl (C=O) groups excluding carboxylic acids is 1. The average molecular weight is 346 g/mol. The number of nitrogens with one attached hydrogen (secondary N) is 2. The van der Waals surface area contributed by atoms with Gasteiger partial charge in [-0.15, -0.1) is 0 Å². The van der Waals surface area contributed by atoms with Crippen LogP contribution < -0.4 is 15.4 Å². The fourth-order valence-electron chi connectivity index (χ4n) is 2.54. The highest BCUT2D eigenvalue weighted by molar-refractivity contribution is 5.75. The summed E-state index contributed by atoms with van der Waals surface area (Å²) < 4.78 is 50.1. The number of benzene rings is 1. The van der Waals surface area contributed by atoms with E-state index in [0.29, 0.717) is 31.8 Å². The van der Waals surface area contributed by atoms with E-state index in [1.807, 2.05) is 5.32 Å². The van der Waals surface area contributed by atoms with Crippen molar-refractivity contribution in [1.29, 1.82) is 0 Å². The fourth-order valence-corrected chi connectivity index (χ4v) is 2.54. The summed E-state index contributed by atoms with van der Waals surface area (Å²) in [4.78, 5) is 12.1. The van der Waals surface area contributed by atoms with Gasteiger partial charge in [-0.05, 0) is 37.5 Å². The summed E-state index contributed by atoms with van der Waals surface area (Å²) in [6.07, 6.45) is -3.50. The quantitative estimate of drug-likeness (QED) is 0.880. The largest absolute Gasteiger partial charge is 0.497 e. The van der Waals surface area contributed by atoms with Crippen LogP contribution in [0.2, 0.25) is 0 Å². The molecule has 1 atom stereocenters. The molecule has 1 aliphatic heterocycles. The standard InChI is InChI=1S/C16H21F3N2O3/c1-15(7-9-24-10-8-15)21-14(22)20-13(16(17,18)19)11-3-5-12(23-2)6-4-11/h3-6,13H,7-10H2,1-2H3,(H2,20,21,22). The van der Waals surface area contributed by atoms with Crippen molar-refractivity contribution < 1.29 is 27.4 Å². The van der Waals surface area contributed by atoms with Gasteiger partial charge in [-0.2, -0.15) is 13.2 Å². The van der Waals surface area contributed by atoms with Gasteiger partial charge in [0.05, 0.1) is 7.11 Å². The number of urea groups is 1. The van der Waals surface area contributed by atoms with Crippen LogP contribution in [0, 0.1) is 0 Å². The number of halogens is 3. The second-order valence-corrected chi connectivity index (χ2v) is 6.02. The normalized spacial score (nSPS) is 18.5. The number of rotatable bonds is 4. The number of alkyl halides is 3. The van der Waals surface area contributed by atoms with Gasteiger partial charge in [-0.3, -0.25) is 0 Å². The molecule has 1 fully saturated rings. The van der Waals surface area contributed by atoms with Crippen molar-refractivity contribution in [2.24, 2.45) is 0 Å². The Morgan fingerprint density at radius 3 is 2.33 bits per heavy atom. The smallest absolute Gasteiger partial charge is 0.412 e. The number of amides is 2. The molecule has 5 nitrogen and oxygen atoms in total. The predicted molar refractivity (Wildman–Crippen MR) is 81.9 cm³/mol. The molecule has 134 valence electrons. The Hall–Kier alpha value is -1.96. The van der Waals surface area contributed by atoms with Gasteiger partial charge in [0.25, 0.3) is 0 Å². The zero-order valence-corrected chi connectivity index (χ0v) is 13.6. The summed E-state index contributed by atoms with van der Waals surface area (Å²) in [5, 5.41) is 4.66. The van der Waals surface area contributed by atoms with E-state index in [4.69, 9.17) is 9.47 Å². The van der Waals surface area contributed by atoms with E-state index in [1.54, 1.807) is 6.92 Å². The molecule has 1 aliphatic rings. The van der Waals surface area contributed by atoms with Crippen LogP contribution >= 0.6 is 0 Å². The van der Waals surface area contributed by atoms with Crippen LogP contribution in [0.3, 0.4) is 0 Å². The van der Waals surface area contributed by atoms with Crippen molar-refractivity contribution in [1.82, 2.24) is 10.6 Å². The maximum atomic E-state index is 13.3. The summed E-state index contributed by atoms with van der Waals surface area (Å²) in [5.74, 6) is 0.443. The Morgan fingerprint density at radius 2 is 1.83 bits per heavy atom. The summed E-state index contributed by atoms with van der Waals surface area (Å²) in [7, 11) is 1.43. The highest BCUT2D eigenvalue weighted by Crippen LogP contribution is 2.33. The molecule has 2 N–H and O–H groups in total. The van der Waals surface area contributed by atoms with Gasteiger partial charge in [0, 0.05) is 18.8 Å². The second-order valence-electron chi connectivity index (χ2n) is 6.02. The number of ether oxygens (including phenoxy) is 2. The molecular weight excluding hydrogens is 325 g/mol. The van der Waals surface area contributed by atoms with Gasteiger partial charge in [-0.25, -0.2) is 4.79 Å². The Morgan fingerprint density at radius 1 is 1.25 bits per heavy atom. The van der Waals surface area contributed by atoms with Crippen LogP contribution in [0.15, 0.2) is 24.3 Å². The van der Waals surface area contributed by atoms with E-state index >= 15 is 0 Å². The molecule has 8 heteroatoms. The molecule has 0 bridgehead atoms. The first kappa shape index (κ1) is 18.4. The summed E-state index contributed by atoms with van der Waals surface area (Å²) >= 11 is 0. The van der Waals surface area contributed by atoms with Crippen LogP contribution in [-0.4, -0.2) is 38.1 Å². The Kier molecular flexibility index (Phi) is 5.58. The Bertz CT molecular complexity index is 555. The van der Waals surface area contributed by atoms with E-state index in [9.17, 15) is 18.0 Å². The van der Waals surface area contributed by atoms with E-state index in [1.165, 1.54) is 31.4 Å². The van der Waals surface area contributed by atoms with E-state index in [0.717, 1.165) is 0 Å². The minimum absolute atomic E-state index is 0.0596. The van der Waals surface area contributed by atoms with Gasteiger partial charge in [0.15, 0.2) is 6.04 Å². The van der Waals surface area contributed by atoms with Crippen molar-refractivity contribution in [2.45, 2.75) is 37.5 Å². The second kappa shape index (κ2) is 7.29. The first-order valence-electron chi connectivity index (χ1n) is 7.61. The molecule has 2 amide bonds.